The van der Waals surface area contributed by atoms with Gasteiger partial charge in [0.1, 0.15) is 17.7 Å². The Hall–Kier alpha value is -3.13. The Morgan fingerprint density at radius 1 is 0.967 bits per heavy atom. The molecule has 1 saturated heterocycles. The lowest BCUT2D eigenvalue weighted by molar-refractivity contribution is 0.0234. The summed E-state index contributed by atoms with van der Waals surface area (Å²) >= 11 is 0. The van der Waals surface area contributed by atoms with Gasteiger partial charge in [-0.2, -0.15) is 0 Å². The first-order valence-corrected chi connectivity index (χ1v) is 9.95. The van der Waals surface area contributed by atoms with Crippen LogP contribution < -0.4 is 19.1 Å². The smallest absolute Gasteiger partial charge is 0.205 e. The molecule has 4 rings (SSSR count). The minimum absolute atomic E-state index is 0.209. The summed E-state index contributed by atoms with van der Waals surface area (Å²) in [6.45, 7) is 2.22. The van der Waals surface area contributed by atoms with Crippen molar-refractivity contribution in [3.63, 3.8) is 0 Å². The molecular weight excluding hydrogens is 384 g/mol. The molecule has 8 nitrogen and oxygen atoms in total. The number of hydrogen-bond donors (Lipinski definition) is 0. The standard InChI is InChI=1S/C22H26N4O4/c1-27-18-12-17-19(21(29-3)20(18)28-2)24-14-25-22(17)26-10-7-16(8-11-26)30-13-15-6-4-5-9-23-15/h4-6,9,12,14,16H,7-8,10-11,13H2,1-3H3. The maximum absolute atomic E-state index is 6.07. The molecule has 1 fully saturated rings. The van der Waals surface area contributed by atoms with Gasteiger partial charge < -0.3 is 23.8 Å². The summed E-state index contributed by atoms with van der Waals surface area (Å²) in [6, 6.07) is 7.78. The van der Waals surface area contributed by atoms with Crippen LogP contribution in [0.25, 0.3) is 10.9 Å². The van der Waals surface area contributed by atoms with Crippen LogP contribution >= 0.6 is 0 Å². The number of rotatable bonds is 7. The van der Waals surface area contributed by atoms with Gasteiger partial charge in [0.2, 0.25) is 5.75 Å². The number of nitrogens with zero attached hydrogens (tertiary/aromatic N) is 4. The average molecular weight is 410 g/mol. The Morgan fingerprint density at radius 3 is 2.43 bits per heavy atom. The lowest BCUT2D eigenvalue weighted by Crippen LogP contribution is -2.37. The Kier molecular flexibility index (Phi) is 6.13. The summed E-state index contributed by atoms with van der Waals surface area (Å²) < 4.78 is 22.6. The fraction of sp³-hybridized carbons (Fsp3) is 0.409. The molecule has 30 heavy (non-hydrogen) atoms. The second-order valence-corrected chi connectivity index (χ2v) is 7.06. The van der Waals surface area contributed by atoms with Crippen molar-refractivity contribution >= 4 is 16.7 Å². The molecule has 0 spiro atoms. The summed E-state index contributed by atoms with van der Waals surface area (Å²) in [7, 11) is 4.80. The molecular formula is C22H26N4O4. The van der Waals surface area contributed by atoms with Crippen molar-refractivity contribution < 1.29 is 18.9 Å². The minimum Gasteiger partial charge on any atom is -0.493 e. The van der Waals surface area contributed by atoms with Gasteiger partial charge in [-0.1, -0.05) is 6.07 Å². The number of benzene rings is 1. The van der Waals surface area contributed by atoms with Crippen molar-refractivity contribution in [3.8, 4) is 17.2 Å². The third-order valence-corrected chi connectivity index (χ3v) is 5.35. The van der Waals surface area contributed by atoms with E-state index in [1.54, 1.807) is 33.9 Å². The number of pyridine rings is 1. The number of aromatic nitrogens is 3. The molecule has 158 valence electrons. The summed E-state index contributed by atoms with van der Waals surface area (Å²) in [5, 5.41) is 0.875. The van der Waals surface area contributed by atoms with Crippen molar-refractivity contribution in [2.45, 2.75) is 25.6 Å². The highest BCUT2D eigenvalue weighted by Gasteiger charge is 2.25. The summed E-state index contributed by atoms with van der Waals surface area (Å²) in [6.07, 6.45) is 5.40. The third-order valence-electron chi connectivity index (χ3n) is 5.35. The highest BCUT2D eigenvalue weighted by atomic mass is 16.5. The Balaban J connectivity index is 1.53. The topological polar surface area (TPSA) is 78.8 Å². The molecule has 1 aliphatic heterocycles. The summed E-state index contributed by atoms with van der Waals surface area (Å²) in [4.78, 5) is 15.6. The largest absolute Gasteiger partial charge is 0.493 e. The van der Waals surface area contributed by atoms with E-state index in [-0.39, 0.29) is 6.10 Å². The lowest BCUT2D eigenvalue weighted by atomic mass is 10.1. The molecule has 2 aromatic heterocycles. The molecule has 8 heteroatoms. The number of ether oxygens (including phenoxy) is 4. The van der Waals surface area contributed by atoms with Crippen molar-refractivity contribution in [3.05, 3.63) is 42.5 Å². The highest BCUT2D eigenvalue weighted by molar-refractivity contribution is 5.97. The van der Waals surface area contributed by atoms with Crippen LogP contribution in [0.5, 0.6) is 17.2 Å². The molecule has 3 heterocycles. The van der Waals surface area contributed by atoms with Gasteiger partial charge in [0.05, 0.1) is 45.1 Å². The van der Waals surface area contributed by atoms with Crippen LogP contribution in [0.15, 0.2) is 36.8 Å². The van der Waals surface area contributed by atoms with E-state index in [1.165, 1.54) is 0 Å². The summed E-state index contributed by atoms with van der Waals surface area (Å²) in [5.74, 6) is 2.52. The maximum atomic E-state index is 6.07. The van der Waals surface area contributed by atoms with Crippen LogP contribution in [0.1, 0.15) is 18.5 Å². The number of fused-ring (bicyclic) bond motifs is 1. The van der Waals surface area contributed by atoms with Crippen LogP contribution in [0.2, 0.25) is 0 Å². The third kappa shape index (κ3) is 3.95. The molecule has 0 atom stereocenters. The minimum atomic E-state index is 0.209. The zero-order valence-corrected chi connectivity index (χ0v) is 17.5. The van der Waals surface area contributed by atoms with Crippen molar-refractivity contribution in [1.82, 2.24) is 15.0 Å². The predicted molar refractivity (Wildman–Crippen MR) is 113 cm³/mol. The second kappa shape index (κ2) is 9.13. The first kappa shape index (κ1) is 20.2. The van der Waals surface area contributed by atoms with Gasteiger partial charge in [-0.15, -0.1) is 0 Å². The van der Waals surface area contributed by atoms with Gasteiger partial charge in [0, 0.05) is 19.3 Å². The molecule has 0 N–H and O–H groups in total. The van der Waals surface area contributed by atoms with Gasteiger partial charge in [-0.3, -0.25) is 4.98 Å². The maximum Gasteiger partial charge on any atom is 0.205 e. The molecule has 0 unspecified atom stereocenters. The lowest BCUT2D eigenvalue weighted by Gasteiger charge is -2.33. The second-order valence-electron chi connectivity index (χ2n) is 7.06. The molecule has 0 amide bonds. The zero-order chi connectivity index (χ0) is 20.9. The van der Waals surface area contributed by atoms with Crippen molar-refractivity contribution in [2.75, 3.05) is 39.3 Å². The first-order valence-electron chi connectivity index (χ1n) is 9.95. The molecule has 0 radical (unpaired) electrons. The number of hydrogen-bond acceptors (Lipinski definition) is 8. The van der Waals surface area contributed by atoms with E-state index >= 15 is 0 Å². The molecule has 1 aromatic carbocycles. The van der Waals surface area contributed by atoms with Gasteiger partial charge in [-0.05, 0) is 31.0 Å². The van der Waals surface area contributed by atoms with Gasteiger partial charge in [0.25, 0.3) is 0 Å². The molecule has 3 aromatic rings. The van der Waals surface area contributed by atoms with E-state index in [9.17, 15) is 0 Å². The van der Waals surface area contributed by atoms with Gasteiger partial charge in [0.15, 0.2) is 11.5 Å². The van der Waals surface area contributed by atoms with E-state index in [0.717, 1.165) is 42.8 Å². The van der Waals surface area contributed by atoms with Crippen LogP contribution in [-0.4, -0.2) is 55.5 Å². The van der Waals surface area contributed by atoms with E-state index in [1.807, 2.05) is 24.3 Å². The monoisotopic (exact) mass is 410 g/mol. The number of piperidine rings is 1. The highest BCUT2D eigenvalue weighted by Crippen LogP contribution is 2.44. The van der Waals surface area contributed by atoms with E-state index < -0.39 is 0 Å². The Labute approximate surface area is 175 Å². The predicted octanol–water partition coefficient (Wildman–Crippen LogP) is 3.24. The van der Waals surface area contributed by atoms with Gasteiger partial charge in [-0.25, -0.2) is 9.97 Å². The molecule has 0 saturated carbocycles. The van der Waals surface area contributed by atoms with Crippen LogP contribution in [-0.2, 0) is 11.3 Å². The first-order chi connectivity index (χ1) is 14.7. The average Bonchev–Trinajstić information content (AvgIpc) is 2.82. The molecule has 0 bridgehead atoms. The van der Waals surface area contributed by atoms with Crippen LogP contribution in [0.4, 0.5) is 5.82 Å². The Morgan fingerprint density at radius 2 is 1.77 bits per heavy atom. The van der Waals surface area contributed by atoms with E-state index in [0.29, 0.717) is 29.4 Å². The van der Waals surface area contributed by atoms with E-state index in [2.05, 4.69) is 19.9 Å². The van der Waals surface area contributed by atoms with Crippen LogP contribution in [0, 0.1) is 0 Å². The van der Waals surface area contributed by atoms with Crippen molar-refractivity contribution in [1.29, 1.82) is 0 Å². The van der Waals surface area contributed by atoms with Gasteiger partial charge >= 0.3 is 0 Å². The van der Waals surface area contributed by atoms with E-state index in [4.69, 9.17) is 18.9 Å². The number of methoxy groups -OCH3 is 3. The normalized spacial score (nSPS) is 14.7. The fourth-order valence-electron chi connectivity index (χ4n) is 3.82. The van der Waals surface area contributed by atoms with Crippen LogP contribution in [0.3, 0.4) is 0 Å². The summed E-state index contributed by atoms with van der Waals surface area (Å²) in [5.41, 5.74) is 1.66. The number of anilines is 1. The molecule has 1 aliphatic rings. The fourth-order valence-corrected chi connectivity index (χ4v) is 3.82. The zero-order valence-electron chi connectivity index (χ0n) is 17.5. The quantitative estimate of drug-likeness (QED) is 0.587. The SMILES string of the molecule is COc1cc2c(N3CCC(OCc4ccccn4)CC3)ncnc2c(OC)c1OC. The van der Waals surface area contributed by atoms with Crippen molar-refractivity contribution in [2.24, 2.45) is 0 Å². The molecule has 0 aliphatic carbocycles. The Bertz CT molecular complexity index is 991.